The zero-order valence-corrected chi connectivity index (χ0v) is 10.3. The number of aromatic amines is 1. The van der Waals surface area contributed by atoms with E-state index in [2.05, 4.69) is 30.5 Å². The number of anilines is 1. The van der Waals surface area contributed by atoms with Crippen LogP contribution in [0.1, 0.15) is 11.1 Å². The monoisotopic (exact) mass is 252 g/mol. The fourth-order valence-electron chi connectivity index (χ4n) is 1.74. The molecule has 6 heteroatoms. The van der Waals surface area contributed by atoms with Gasteiger partial charge in [0, 0.05) is 0 Å². The molecule has 0 amide bonds. The van der Waals surface area contributed by atoms with E-state index in [-0.39, 0.29) is 0 Å². The highest BCUT2D eigenvalue weighted by Crippen LogP contribution is 2.14. The van der Waals surface area contributed by atoms with Crippen molar-refractivity contribution in [3.63, 3.8) is 0 Å². The molecule has 3 rings (SSSR count). The molecule has 0 unspecified atom stereocenters. The van der Waals surface area contributed by atoms with Gasteiger partial charge in [0.25, 0.3) is 0 Å². The van der Waals surface area contributed by atoms with Crippen LogP contribution in [0, 0.1) is 6.92 Å². The zero-order valence-electron chi connectivity index (χ0n) is 10.3. The Kier molecular flexibility index (Phi) is 2.89. The minimum absolute atomic E-state index is 0.604. The van der Waals surface area contributed by atoms with Crippen molar-refractivity contribution in [3.05, 3.63) is 48.0 Å². The summed E-state index contributed by atoms with van der Waals surface area (Å²) >= 11 is 0. The number of rotatable bonds is 3. The van der Waals surface area contributed by atoms with E-state index >= 15 is 0 Å². The Morgan fingerprint density at radius 2 is 2.11 bits per heavy atom. The number of aryl methyl sites for hydroxylation is 1. The topological polar surface area (TPSA) is 78.8 Å². The van der Waals surface area contributed by atoms with Gasteiger partial charge in [-0.1, -0.05) is 24.3 Å². The molecule has 0 radical (unpaired) electrons. The third-order valence-electron chi connectivity index (χ3n) is 2.79. The summed E-state index contributed by atoms with van der Waals surface area (Å²) in [5.41, 5.74) is 6.48. The third kappa shape index (κ3) is 2.28. The van der Waals surface area contributed by atoms with Crippen LogP contribution in [-0.4, -0.2) is 26.2 Å². The SMILES string of the molecule is Cc1ccccc1/C=N/Nc1ncnc2nc[nH]c12. The lowest BCUT2D eigenvalue weighted by molar-refractivity contribution is 1.17. The molecular weight excluding hydrogens is 240 g/mol. The lowest BCUT2D eigenvalue weighted by Crippen LogP contribution is -1.96. The summed E-state index contributed by atoms with van der Waals surface area (Å²) in [6.45, 7) is 2.04. The Bertz CT molecular complexity index is 731. The van der Waals surface area contributed by atoms with Crippen molar-refractivity contribution in [3.8, 4) is 0 Å². The normalized spacial score (nSPS) is 11.2. The number of hydrazone groups is 1. The summed E-state index contributed by atoms with van der Waals surface area (Å²) in [7, 11) is 0. The maximum Gasteiger partial charge on any atom is 0.182 e. The van der Waals surface area contributed by atoms with Gasteiger partial charge in [-0.25, -0.2) is 15.0 Å². The van der Waals surface area contributed by atoms with Crippen LogP contribution in [0.4, 0.5) is 5.82 Å². The van der Waals surface area contributed by atoms with Crippen LogP contribution < -0.4 is 5.43 Å². The van der Waals surface area contributed by atoms with E-state index in [0.29, 0.717) is 11.5 Å². The number of fused-ring (bicyclic) bond motifs is 1. The molecule has 0 bridgehead atoms. The average Bonchev–Trinajstić information content (AvgIpc) is 2.90. The number of nitrogens with one attached hydrogen (secondary N) is 2. The van der Waals surface area contributed by atoms with Gasteiger partial charge in [0.1, 0.15) is 11.8 Å². The Hall–Kier alpha value is -2.76. The van der Waals surface area contributed by atoms with Crippen molar-refractivity contribution >= 4 is 23.2 Å². The summed E-state index contributed by atoms with van der Waals surface area (Å²) in [5, 5.41) is 4.19. The molecule has 0 aliphatic carbocycles. The van der Waals surface area contributed by atoms with E-state index in [4.69, 9.17) is 0 Å². The molecule has 3 aromatic rings. The second-order valence-corrected chi connectivity index (χ2v) is 4.05. The van der Waals surface area contributed by atoms with Gasteiger partial charge < -0.3 is 4.98 Å². The summed E-state index contributed by atoms with van der Waals surface area (Å²) in [6, 6.07) is 8.02. The van der Waals surface area contributed by atoms with Gasteiger partial charge in [-0.3, -0.25) is 5.43 Å². The molecule has 0 aliphatic heterocycles. The first-order chi connectivity index (χ1) is 9.34. The Morgan fingerprint density at radius 3 is 3.00 bits per heavy atom. The molecule has 6 nitrogen and oxygen atoms in total. The molecule has 0 saturated heterocycles. The third-order valence-corrected chi connectivity index (χ3v) is 2.79. The number of nitrogens with zero attached hydrogens (tertiary/aromatic N) is 4. The number of hydrogen-bond acceptors (Lipinski definition) is 5. The Morgan fingerprint density at radius 1 is 1.21 bits per heavy atom. The van der Waals surface area contributed by atoms with Crippen molar-refractivity contribution < 1.29 is 0 Å². The van der Waals surface area contributed by atoms with E-state index in [0.717, 1.165) is 11.1 Å². The second-order valence-electron chi connectivity index (χ2n) is 4.05. The van der Waals surface area contributed by atoms with Gasteiger partial charge >= 0.3 is 0 Å². The van der Waals surface area contributed by atoms with Crippen molar-refractivity contribution in [2.75, 3.05) is 5.43 Å². The van der Waals surface area contributed by atoms with Crippen LogP contribution in [0.2, 0.25) is 0 Å². The zero-order chi connectivity index (χ0) is 13.1. The van der Waals surface area contributed by atoms with Gasteiger partial charge in [-0.15, -0.1) is 0 Å². The minimum Gasteiger partial charge on any atom is -0.340 e. The van der Waals surface area contributed by atoms with E-state index in [9.17, 15) is 0 Å². The van der Waals surface area contributed by atoms with Crippen LogP contribution in [0.3, 0.4) is 0 Å². The van der Waals surface area contributed by atoms with Gasteiger partial charge in [-0.05, 0) is 18.1 Å². The predicted molar refractivity (Wildman–Crippen MR) is 74.1 cm³/mol. The highest BCUT2D eigenvalue weighted by Gasteiger charge is 2.03. The van der Waals surface area contributed by atoms with Crippen LogP contribution in [-0.2, 0) is 0 Å². The molecule has 2 aromatic heterocycles. The van der Waals surface area contributed by atoms with Crippen LogP contribution in [0.15, 0.2) is 42.0 Å². The molecule has 19 heavy (non-hydrogen) atoms. The van der Waals surface area contributed by atoms with Gasteiger partial charge in [0.05, 0.1) is 12.5 Å². The van der Waals surface area contributed by atoms with Crippen LogP contribution in [0.5, 0.6) is 0 Å². The molecule has 0 atom stereocenters. The first-order valence-corrected chi connectivity index (χ1v) is 5.83. The summed E-state index contributed by atoms with van der Waals surface area (Å²) in [6.07, 6.45) is 4.80. The first-order valence-electron chi connectivity index (χ1n) is 5.83. The molecular formula is C13H12N6. The average molecular weight is 252 g/mol. The van der Waals surface area contributed by atoms with E-state index in [1.807, 2.05) is 31.2 Å². The Balaban J connectivity index is 1.83. The van der Waals surface area contributed by atoms with Gasteiger partial charge in [-0.2, -0.15) is 5.10 Å². The maximum atomic E-state index is 4.19. The predicted octanol–water partition coefficient (Wildman–Crippen LogP) is 2.11. The summed E-state index contributed by atoms with van der Waals surface area (Å²) in [5.74, 6) is 0.604. The molecule has 2 N–H and O–H groups in total. The van der Waals surface area contributed by atoms with Crippen molar-refractivity contribution in [2.24, 2.45) is 5.10 Å². The molecule has 0 saturated carbocycles. The smallest absolute Gasteiger partial charge is 0.182 e. The number of benzene rings is 1. The fraction of sp³-hybridized carbons (Fsp3) is 0.0769. The number of aromatic nitrogens is 4. The van der Waals surface area contributed by atoms with E-state index in [1.54, 1.807) is 12.5 Å². The van der Waals surface area contributed by atoms with Crippen LogP contribution in [0.25, 0.3) is 11.2 Å². The number of hydrogen-bond donors (Lipinski definition) is 2. The summed E-state index contributed by atoms with van der Waals surface area (Å²) in [4.78, 5) is 15.2. The lowest BCUT2D eigenvalue weighted by Gasteiger charge is -2.00. The first kappa shape index (κ1) is 11.3. The van der Waals surface area contributed by atoms with Crippen LogP contribution >= 0.6 is 0 Å². The standard InChI is InChI=1S/C13H12N6/c1-9-4-2-3-5-10(9)6-18-19-13-11-12(15-7-14-11)16-8-17-13/h2-8H,1H3,(H2,14,15,16,17,19)/b18-6+. The molecule has 2 heterocycles. The van der Waals surface area contributed by atoms with Gasteiger partial charge in [0.15, 0.2) is 11.5 Å². The molecule has 0 spiro atoms. The quantitative estimate of drug-likeness (QED) is 0.552. The van der Waals surface area contributed by atoms with Gasteiger partial charge in [0.2, 0.25) is 0 Å². The number of imidazole rings is 1. The van der Waals surface area contributed by atoms with Crippen molar-refractivity contribution in [2.45, 2.75) is 6.92 Å². The summed E-state index contributed by atoms with van der Waals surface area (Å²) < 4.78 is 0. The largest absolute Gasteiger partial charge is 0.340 e. The second kappa shape index (κ2) is 4.85. The molecule has 1 aromatic carbocycles. The molecule has 94 valence electrons. The number of H-pyrrole nitrogens is 1. The van der Waals surface area contributed by atoms with E-state index in [1.165, 1.54) is 11.9 Å². The van der Waals surface area contributed by atoms with E-state index < -0.39 is 0 Å². The molecule has 0 aliphatic rings. The van der Waals surface area contributed by atoms with Crippen molar-refractivity contribution in [1.29, 1.82) is 0 Å². The minimum atomic E-state index is 0.604. The van der Waals surface area contributed by atoms with Crippen molar-refractivity contribution in [1.82, 2.24) is 19.9 Å². The Labute approximate surface area is 109 Å². The maximum absolute atomic E-state index is 4.19. The lowest BCUT2D eigenvalue weighted by atomic mass is 10.1. The fourth-order valence-corrected chi connectivity index (χ4v) is 1.74. The highest BCUT2D eigenvalue weighted by atomic mass is 15.3. The highest BCUT2D eigenvalue weighted by molar-refractivity contribution is 5.85. The molecule has 0 fully saturated rings.